The van der Waals surface area contributed by atoms with E-state index in [1.54, 1.807) is 0 Å². The van der Waals surface area contributed by atoms with Crippen LogP contribution in [0.2, 0.25) is 0 Å². The lowest BCUT2D eigenvalue weighted by atomic mass is 10.00. The number of pyridine rings is 2. The summed E-state index contributed by atoms with van der Waals surface area (Å²) in [6.07, 6.45) is 3.67. The van der Waals surface area contributed by atoms with Crippen molar-refractivity contribution >= 4 is 21.8 Å². The first kappa shape index (κ1) is 40.3. The molecule has 0 aliphatic heterocycles. The molecule has 68 heavy (non-hydrogen) atoms. The fourth-order valence-corrected chi connectivity index (χ4v) is 8.90. The number of hydrogen-bond donors (Lipinski definition) is 0. The van der Waals surface area contributed by atoms with E-state index < -0.39 is 0 Å². The SMILES string of the molecule is c1ccc(-c2ccc(-c3cc(-c4cccc5cccnc45)nc(-c4ccc(-c5ccc(-c6nc(-c7ccc(-c8ccccc8)cc7)cc(-c7cccc8cccnc78)n6)cc5)cc4)n3)cc2)cc1. The molecule has 12 aromatic rings. The van der Waals surface area contributed by atoms with Gasteiger partial charge in [0.05, 0.1) is 33.8 Å². The van der Waals surface area contributed by atoms with Gasteiger partial charge < -0.3 is 0 Å². The number of aromatic nitrogens is 6. The molecule has 12 rings (SSSR count). The molecule has 0 unspecified atom stereocenters. The Labute approximate surface area is 394 Å². The molecule has 0 aliphatic carbocycles. The van der Waals surface area contributed by atoms with Gasteiger partial charge >= 0.3 is 0 Å². The van der Waals surface area contributed by atoms with E-state index in [-0.39, 0.29) is 0 Å². The minimum absolute atomic E-state index is 0.642. The largest absolute Gasteiger partial charge is 0.256 e. The molecular weight excluding hydrogens is 829 g/mol. The minimum atomic E-state index is 0.642. The Morgan fingerprint density at radius 2 is 0.529 bits per heavy atom. The molecule has 0 atom stereocenters. The molecule has 0 bridgehead atoms. The Balaban J connectivity index is 0.884. The van der Waals surface area contributed by atoms with Crippen LogP contribution in [-0.4, -0.2) is 29.9 Å². The maximum Gasteiger partial charge on any atom is 0.160 e. The van der Waals surface area contributed by atoms with E-state index in [1.165, 1.54) is 11.1 Å². The number of rotatable bonds is 9. The van der Waals surface area contributed by atoms with Gasteiger partial charge in [0.25, 0.3) is 0 Å². The van der Waals surface area contributed by atoms with Crippen LogP contribution < -0.4 is 0 Å². The highest BCUT2D eigenvalue weighted by Crippen LogP contribution is 2.35. The van der Waals surface area contributed by atoms with Crippen molar-refractivity contribution in [3.8, 4) is 101 Å². The van der Waals surface area contributed by atoms with Gasteiger partial charge in [-0.25, -0.2) is 19.9 Å². The van der Waals surface area contributed by atoms with Gasteiger partial charge in [-0.1, -0.05) is 206 Å². The Morgan fingerprint density at radius 1 is 0.221 bits per heavy atom. The van der Waals surface area contributed by atoms with Crippen molar-refractivity contribution in [2.45, 2.75) is 0 Å². The quantitative estimate of drug-likeness (QED) is 0.144. The number of hydrogen-bond acceptors (Lipinski definition) is 6. The molecule has 0 N–H and O–H groups in total. The zero-order chi connectivity index (χ0) is 45.2. The summed E-state index contributed by atoms with van der Waals surface area (Å²) in [6, 6.07) is 79.7. The lowest BCUT2D eigenvalue weighted by Gasteiger charge is -2.12. The first-order valence-corrected chi connectivity index (χ1v) is 22.7. The van der Waals surface area contributed by atoms with Crippen LogP contribution in [0.25, 0.3) is 123 Å². The van der Waals surface area contributed by atoms with E-state index in [4.69, 9.17) is 29.9 Å². The lowest BCUT2D eigenvalue weighted by molar-refractivity contribution is 1.18. The Bertz CT molecular complexity index is 3480. The third-order valence-electron chi connectivity index (χ3n) is 12.5. The molecule has 0 aliphatic rings. The number of fused-ring (bicyclic) bond motifs is 2. The van der Waals surface area contributed by atoms with Crippen LogP contribution in [0.5, 0.6) is 0 Å². The first-order chi connectivity index (χ1) is 33.7. The smallest absolute Gasteiger partial charge is 0.160 e. The van der Waals surface area contributed by atoms with Gasteiger partial charge in [0.1, 0.15) is 0 Å². The van der Waals surface area contributed by atoms with Gasteiger partial charge in [0.15, 0.2) is 11.6 Å². The van der Waals surface area contributed by atoms with Gasteiger partial charge in [-0.2, -0.15) is 0 Å². The Kier molecular flexibility index (Phi) is 10.4. The molecule has 6 heteroatoms. The monoisotopic (exact) mass is 868 g/mol. The molecule has 0 amide bonds. The van der Waals surface area contributed by atoms with Crippen molar-refractivity contribution in [2.75, 3.05) is 0 Å². The van der Waals surface area contributed by atoms with E-state index >= 15 is 0 Å². The van der Waals surface area contributed by atoms with Crippen molar-refractivity contribution in [1.29, 1.82) is 0 Å². The van der Waals surface area contributed by atoms with Gasteiger partial charge in [0, 0.05) is 56.5 Å². The predicted octanol–water partition coefficient (Wildman–Crippen LogP) is 15.4. The highest BCUT2D eigenvalue weighted by Gasteiger charge is 2.16. The van der Waals surface area contributed by atoms with Gasteiger partial charge in [0.2, 0.25) is 0 Å². The number of nitrogens with zero attached hydrogens (tertiary/aromatic N) is 6. The second-order valence-corrected chi connectivity index (χ2v) is 16.7. The third kappa shape index (κ3) is 7.97. The second-order valence-electron chi connectivity index (χ2n) is 16.7. The molecule has 0 spiro atoms. The van der Waals surface area contributed by atoms with Gasteiger partial charge in [-0.05, 0) is 57.6 Å². The molecule has 6 nitrogen and oxygen atoms in total. The van der Waals surface area contributed by atoms with E-state index in [2.05, 4.69) is 206 Å². The average molecular weight is 869 g/mol. The predicted molar refractivity (Wildman–Crippen MR) is 277 cm³/mol. The van der Waals surface area contributed by atoms with E-state index in [1.807, 2.05) is 36.7 Å². The van der Waals surface area contributed by atoms with Crippen molar-refractivity contribution in [3.63, 3.8) is 0 Å². The summed E-state index contributed by atoms with van der Waals surface area (Å²) in [5.74, 6) is 1.28. The summed E-state index contributed by atoms with van der Waals surface area (Å²) in [7, 11) is 0. The molecule has 318 valence electrons. The van der Waals surface area contributed by atoms with Crippen LogP contribution in [0.15, 0.2) is 243 Å². The summed E-state index contributed by atoms with van der Waals surface area (Å²) >= 11 is 0. The fraction of sp³-hybridized carbons (Fsp3) is 0. The summed E-state index contributed by atoms with van der Waals surface area (Å²) in [4.78, 5) is 30.3. The van der Waals surface area contributed by atoms with E-state index in [9.17, 15) is 0 Å². The highest BCUT2D eigenvalue weighted by atomic mass is 14.9. The van der Waals surface area contributed by atoms with Crippen LogP contribution in [0, 0.1) is 0 Å². The molecule has 0 saturated carbocycles. The van der Waals surface area contributed by atoms with Crippen LogP contribution in [0.4, 0.5) is 0 Å². The maximum atomic E-state index is 5.19. The van der Waals surface area contributed by atoms with Crippen LogP contribution >= 0.6 is 0 Å². The first-order valence-electron chi connectivity index (χ1n) is 22.7. The molecule has 8 aromatic carbocycles. The molecule has 0 saturated heterocycles. The van der Waals surface area contributed by atoms with E-state index in [0.29, 0.717) is 11.6 Å². The normalized spacial score (nSPS) is 11.2. The molecule has 0 fully saturated rings. The van der Waals surface area contributed by atoms with Crippen molar-refractivity contribution in [2.24, 2.45) is 0 Å². The summed E-state index contributed by atoms with van der Waals surface area (Å²) in [6.45, 7) is 0. The standard InChI is InChI=1S/C62H40N6/c1-3-11-41(12-4-1)43-21-29-47(30-22-43)55-39-57(53-19-7-15-49-17-9-37-63-59(49)53)67-61(65-55)51-33-25-45(26-34-51)46-27-35-52(36-28-46)62-66-56(48-31-23-44(24-32-48)42-13-5-2-6-14-42)40-58(68-62)54-20-8-16-50-18-10-38-64-60(50)54/h1-40H. The zero-order valence-corrected chi connectivity index (χ0v) is 36.8. The summed E-state index contributed by atoms with van der Waals surface area (Å²) in [5, 5.41) is 2.12. The molecular formula is C62H40N6. The zero-order valence-electron chi connectivity index (χ0n) is 36.8. The fourth-order valence-electron chi connectivity index (χ4n) is 8.90. The second kappa shape index (κ2) is 17.6. The molecule has 0 radical (unpaired) electrons. The van der Waals surface area contributed by atoms with Crippen molar-refractivity contribution in [1.82, 2.24) is 29.9 Å². The average Bonchev–Trinajstić information content (AvgIpc) is 3.43. The minimum Gasteiger partial charge on any atom is -0.256 e. The molecule has 4 aromatic heterocycles. The summed E-state index contributed by atoms with van der Waals surface area (Å²) < 4.78 is 0. The summed E-state index contributed by atoms with van der Waals surface area (Å²) in [5.41, 5.74) is 17.7. The van der Waals surface area contributed by atoms with Crippen LogP contribution in [-0.2, 0) is 0 Å². The number of benzene rings is 8. The Morgan fingerprint density at radius 3 is 0.912 bits per heavy atom. The number of para-hydroxylation sites is 2. The van der Waals surface area contributed by atoms with Gasteiger partial charge in [-0.15, -0.1) is 0 Å². The maximum absolute atomic E-state index is 5.19. The topological polar surface area (TPSA) is 77.3 Å². The van der Waals surface area contributed by atoms with Crippen molar-refractivity contribution in [3.05, 3.63) is 243 Å². The van der Waals surface area contributed by atoms with Crippen LogP contribution in [0.3, 0.4) is 0 Å². The van der Waals surface area contributed by atoms with E-state index in [0.717, 1.165) is 100 Å². The van der Waals surface area contributed by atoms with Crippen molar-refractivity contribution < 1.29 is 0 Å². The van der Waals surface area contributed by atoms with Gasteiger partial charge in [-0.3, -0.25) is 9.97 Å². The lowest BCUT2D eigenvalue weighted by Crippen LogP contribution is -1.97. The molecule has 4 heterocycles. The van der Waals surface area contributed by atoms with Crippen LogP contribution in [0.1, 0.15) is 0 Å². The third-order valence-corrected chi connectivity index (χ3v) is 12.5. The highest BCUT2D eigenvalue weighted by molar-refractivity contribution is 5.95. The Hall–Kier alpha value is -9.26.